The van der Waals surface area contributed by atoms with Crippen LogP contribution in [0.4, 0.5) is 13.2 Å². The van der Waals surface area contributed by atoms with Gasteiger partial charge in [-0.2, -0.15) is 18.6 Å². The zero-order valence-electron chi connectivity index (χ0n) is 18.4. The van der Waals surface area contributed by atoms with Crippen molar-refractivity contribution in [1.82, 2.24) is 21.5 Å². The lowest BCUT2D eigenvalue weighted by molar-refractivity contribution is -0.196. The number of allylic oxidation sites excluding steroid dienone is 4. The molecule has 2 aliphatic heterocycles. The molecule has 0 saturated carbocycles. The topological polar surface area (TPSA) is 95.7 Å². The zero-order valence-corrected chi connectivity index (χ0v) is 19.2. The first-order valence-electron chi connectivity index (χ1n) is 10.8. The lowest BCUT2D eigenvalue weighted by atomic mass is 9.71. The summed E-state index contributed by atoms with van der Waals surface area (Å²) in [4.78, 5) is 4.14. The molecule has 33 heavy (non-hydrogen) atoms. The largest absolute Gasteiger partial charge is 0.492 e. The highest BCUT2D eigenvalue weighted by atomic mass is 35.5. The van der Waals surface area contributed by atoms with Gasteiger partial charge in [0.05, 0.1) is 5.41 Å². The van der Waals surface area contributed by atoms with Crippen molar-refractivity contribution in [2.45, 2.75) is 51.1 Å². The predicted octanol–water partition coefficient (Wildman–Crippen LogP) is 3.31. The van der Waals surface area contributed by atoms with E-state index in [0.29, 0.717) is 29.7 Å². The molecule has 0 amide bonds. The summed E-state index contributed by atoms with van der Waals surface area (Å²) in [7, 11) is 0. The Morgan fingerprint density at radius 2 is 2.00 bits per heavy atom. The maximum Gasteiger partial charge on any atom is 0.398 e. The molecule has 2 heterocycles. The number of hydrogen-bond acceptors (Lipinski definition) is 7. The minimum Gasteiger partial charge on any atom is -0.492 e. The third-order valence-electron chi connectivity index (χ3n) is 6.20. The molecule has 6 N–H and O–H groups in total. The summed E-state index contributed by atoms with van der Waals surface area (Å²) in [6, 6.07) is 6.92. The van der Waals surface area contributed by atoms with E-state index in [4.69, 9.17) is 22.1 Å². The summed E-state index contributed by atoms with van der Waals surface area (Å²) in [5.74, 6) is -0.354. The summed E-state index contributed by atoms with van der Waals surface area (Å²) in [6.45, 7) is 4.31. The fourth-order valence-electron chi connectivity index (χ4n) is 4.46. The maximum atomic E-state index is 14.4. The summed E-state index contributed by atoms with van der Waals surface area (Å²) in [5.41, 5.74) is 9.56. The lowest BCUT2D eigenvalue weighted by Gasteiger charge is -2.40. The van der Waals surface area contributed by atoms with Gasteiger partial charge in [0, 0.05) is 23.2 Å². The lowest BCUT2D eigenvalue weighted by Crippen LogP contribution is -2.54. The van der Waals surface area contributed by atoms with Crippen molar-refractivity contribution in [2.75, 3.05) is 13.2 Å². The van der Waals surface area contributed by atoms with Crippen molar-refractivity contribution in [3.8, 4) is 5.75 Å². The highest BCUT2D eigenvalue weighted by Gasteiger charge is 2.56. The van der Waals surface area contributed by atoms with Gasteiger partial charge in [0.25, 0.3) is 0 Å². The van der Waals surface area contributed by atoms with Gasteiger partial charge in [-0.25, -0.2) is 4.99 Å². The Kier molecular flexibility index (Phi) is 6.28. The van der Waals surface area contributed by atoms with Crippen molar-refractivity contribution >= 4 is 23.1 Å². The highest BCUT2D eigenvalue weighted by molar-refractivity contribution is 6.34. The second-order valence-electron chi connectivity index (χ2n) is 8.97. The van der Waals surface area contributed by atoms with Crippen LogP contribution < -0.4 is 32.0 Å². The Balaban J connectivity index is 1.60. The van der Waals surface area contributed by atoms with Crippen LogP contribution in [0.15, 0.2) is 46.1 Å². The second kappa shape index (κ2) is 8.73. The van der Waals surface area contributed by atoms with E-state index in [0.717, 1.165) is 26.3 Å². The minimum atomic E-state index is -4.54. The number of nitrogens with one attached hydrogen (secondary N) is 4. The average molecular weight is 485 g/mol. The fraction of sp³-hybridized carbons (Fsp3) is 0.500. The summed E-state index contributed by atoms with van der Waals surface area (Å²) in [5, 5.41) is 6.34. The minimum absolute atomic E-state index is 0.0129. The first-order valence-corrected chi connectivity index (χ1v) is 11.2. The standard InChI is InChI=1S/C22H28ClF3N6O/c1-20(22(24,25)26)11-15(29-21(2)30-19(27)31-32-21)10-17(23)18(20)13-5-7-16(8-6-13)33-12-14-4-3-9-28-14/h5-8,10,14,28-29,32H,3-4,9,11-12H2,1-2H3,(H3,27,30,31)/t14-,20?,21?/m0/s1. The molecule has 1 fully saturated rings. The predicted molar refractivity (Wildman–Crippen MR) is 122 cm³/mol. The summed E-state index contributed by atoms with van der Waals surface area (Å²) >= 11 is 6.48. The molecule has 7 nitrogen and oxygen atoms in total. The van der Waals surface area contributed by atoms with E-state index < -0.39 is 17.4 Å². The van der Waals surface area contributed by atoms with Crippen LogP contribution in [-0.4, -0.2) is 37.1 Å². The van der Waals surface area contributed by atoms with Crippen molar-refractivity contribution < 1.29 is 17.9 Å². The number of nitrogens with zero attached hydrogens (tertiary/aromatic N) is 1. The van der Waals surface area contributed by atoms with Crippen molar-refractivity contribution in [1.29, 1.82) is 0 Å². The van der Waals surface area contributed by atoms with Gasteiger partial charge in [-0.15, -0.1) is 0 Å². The van der Waals surface area contributed by atoms with Gasteiger partial charge in [0.2, 0.25) is 11.7 Å². The number of rotatable bonds is 6. The Hall–Kier alpha value is -2.43. The van der Waals surface area contributed by atoms with Crippen LogP contribution in [0.3, 0.4) is 0 Å². The van der Waals surface area contributed by atoms with Gasteiger partial charge in [0.1, 0.15) is 12.4 Å². The number of hydrogen-bond donors (Lipinski definition) is 5. The van der Waals surface area contributed by atoms with Crippen LogP contribution >= 0.6 is 11.6 Å². The van der Waals surface area contributed by atoms with Gasteiger partial charge < -0.3 is 21.1 Å². The number of ether oxygens (including phenoxy) is 1. The zero-order chi connectivity index (χ0) is 23.9. The SMILES string of the molecule is CC1(NC2=CC(Cl)=C(c3ccc(OC[C@@H]4CCCN4)cc3)C(C)(C(F)(F)F)C2)N=C(N)NN1. The highest BCUT2D eigenvalue weighted by Crippen LogP contribution is 2.55. The van der Waals surface area contributed by atoms with E-state index in [9.17, 15) is 13.2 Å². The molecule has 3 aliphatic rings. The monoisotopic (exact) mass is 484 g/mol. The Morgan fingerprint density at radius 1 is 1.27 bits per heavy atom. The number of guanidine groups is 1. The normalized spacial score (nSPS) is 30.1. The van der Waals surface area contributed by atoms with Crippen LogP contribution in [0.5, 0.6) is 5.75 Å². The molecule has 0 spiro atoms. The Bertz CT molecular complexity index is 987. The molecule has 0 radical (unpaired) electrons. The van der Waals surface area contributed by atoms with Gasteiger partial charge in [-0.3, -0.25) is 5.43 Å². The van der Waals surface area contributed by atoms with Crippen molar-refractivity contribution in [3.63, 3.8) is 0 Å². The number of hydrazine groups is 1. The number of benzene rings is 1. The molecule has 1 aromatic carbocycles. The average Bonchev–Trinajstić information content (AvgIpc) is 3.35. The van der Waals surface area contributed by atoms with E-state index in [1.54, 1.807) is 31.2 Å². The molecule has 1 aromatic rings. The second-order valence-corrected chi connectivity index (χ2v) is 9.38. The van der Waals surface area contributed by atoms with Crippen LogP contribution in [0, 0.1) is 5.41 Å². The first kappa shape index (κ1) is 23.7. The van der Waals surface area contributed by atoms with Gasteiger partial charge in [-0.1, -0.05) is 23.7 Å². The van der Waals surface area contributed by atoms with E-state index in [1.807, 2.05) is 0 Å². The van der Waals surface area contributed by atoms with Crippen molar-refractivity contribution in [2.24, 2.45) is 16.1 Å². The third kappa shape index (κ3) is 4.92. The molecule has 2 unspecified atom stereocenters. The van der Waals surface area contributed by atoms with Crippen molar-refractivity contribution in [3.05, 3.63) is 46.6 Å². The molecular formula is C22H28ClF3N6O. The van der Waals surface area contributed by atoms with E-state index in [-0.39, 0.29) is 23.0 Å². The van der Waals surface area contributed by atoms with Crippen LogP contribution in [0.2, 0.25) is 0 Å². The molecule has 1 saturated heterocycles. The van der Waals surface area contributed by atoms with E-state index in [1.165, 1.54) is 6.08 Å². The molecule has 11 heteroatoms. The number of nitrogens with two attached hydrogens (primary N) is 1. The quantitative estimate of drug-likeness (QED) is 0.425. The molecule has 0 bridgehead atoms. The van der Waals surface area contributed by atoms with Crippen LogP contribution in [0.25, 0.3) is 5.57 Å². The van der Waals surface area contributed by atoms with Crippen LogP contribution in [0.1, 0.15) is 38.7 Å². The molecule has 1 aliphatic carbocycles. The van der Waals surface area contributed by atoms with E-state index >= 15 is 0 Å². The van der Waals surface area contributed by atoms with Gasteiger partial charge >= 0.3 is 6.18 Å². The maximum absolute atomic E-state index is 14.4. The third-order valence-corrected chi connectivity index (χ3v) is 6.50. The molecule has 3 atom stereocenters. The van der Waals surface area contributed by atoms with Gasteiger partial charge in [-0.05, 0) is 62.6 Å². The number of alkyl halides is 3. The molecular weight excluding hydrogens is 457 g/mol. The molecule has 4 rings (SSSR count). The van der Waals surface area contributed by atoms with E-state index in [2.05, 4.69) is 26.5 Å². The fourth-order valence-corrected chi connectivity index (χ4v) is 4.91. The Morgan fingerprint density at radius 3 is 2.58 bits per heavy atom. The number of aliphatic imine (C=N–C) groups is 1. The van der Waals surface area contributed by atoms with Crippen LogP contribution in [-0.2, 0) is 0 Å². The summed E-state index contributed by atoms with van der Waals surface area (Å²) in [6.07, 6.45) is -1.20. The molecule has 180 valence electrons. The Labute approximate surface area is 195 Å². The summed E-state index contributed by atoms with van der Waals surface area (Å²) < 4.78 is 49.0. The smallest absolute Gasteiger partial charge is 0.398 e. The number of halogens is 4. The first-order chi connectivity index (χ1) is 15.5. The molecule has 0 aromatic heterocycles. The van der Waals surface area contributed by atoms with Gasteiger partial charge in [0.15, 0.2) is 0 Å².